The van der Waals surface area contributed by atoms with Gasteiger partial charge in [0, 0.05) is 38.4 Å². The summed E-state index contributed by atoms with van der Waals surface area (Å²) in [6, 6.07) is 78.5. The summed E-state index contributed by atoms with van der Waals surface area (Å²) in [7, 11) is 0. The molecule has 294 valence electrons. The van der Waals surface area contributed by atoms with Crippen LogP contribution in [0.1, 0.15) is 0 Å². The van der Waals surface area contributed by atoms with Gasteiger partial charge in [0.15, 0.2) is 11.4 Å². The zero-order valence-electron chi connectivity index (χ0n) is 34.1. The molecule has 0 saturated heterocycles. The van der Waals surface area contributed by atoms with Crippen molar-refractivity contribution in [1.29, 1.82) is 0 Å². The second kappa shape index (κ2) is 15.2. The fraction of sp³-hybridized carbons (Fsp3) is 0. The van der Waals surface area contributed by atoms with Gasteiger partial charge in [-0.15, -0.1) is 0 Å². The summed E-state index contributed by atoms with van der Waals surface area (Å²) in [5.41, 5.74) is 16.0. The van der Waals surface area contributed by atoms with Crippen molar-refractivity contribution in [1.82, 2.24) is 15.0 Å². The van der Waals surface area contributed by atoms with Gasteiger partial charge in [-0.05, 0) is 68.4 Å². The third-order valence-electron chi connectivity index (χ3n) is 12.1. The van der Waals surface area contributed by atoms with Gasteiger partial charge in [0.1, 0.15) is 11.3 Å². The summed E-state index contributed by atoms with van der Waals surface area (Å²) >= 11 is 0. The van der Waals surface area contributed by atoms with E-state index in [1.54, 1.807) is 0 Å². The zero-order chi connectivity index (χ0) is 41.7. The first-order valence-corrected chi connectivity index (χ1v) is 21.2. The van der Waals surface area contributed by atoms with Gasteiger partial charge in [0.2, 0.25) is 0 Å². The molecule has 12 aromatic rings. The minimum atomic E-state index is 0.679. The second-order valence-electron chi connectivity index (χ2n) is 16.0. The molecular formula is C59H37N3O. The highest BCUT2D eigenvalue weighted by Crippen LogP contribution is 2.42. The maximum absolute atomic E-state index is 6.67. The molecule has 3 heterocycles. The highest BCUT2D eigenvalue weighted by Gasteiger charge is 2.20. The van der Waals surface area contributed by atoms with Crippen molar-refractivity contribution in [2.24, 2.45) is 0 Å². The zero-order valence-corrected chi connectivity index (χ0v) is 34.1. The quantitative estimate of drug-likeness (QED) is 0.151. The van der Waals surface area contributed by atoms with Gasteiger partial charge in [0.25, 0.3) is 0 Å². The first kappa shape index (κ1) is 36.4. The molecule has 0 aliphatic heterocycles. The van der Waals surface area contributed by atoms with Gasteiger partial charge in [-0.1, -0.05) is 200 Å². The topological polar surface area (TPSA) is 51.8 Å². The van der Waals surface area contributed by atoms with Gasteiger partial charge < -0.3 is 4.42 Å². The van der Waals surface area contributed by atoms with Crippen LogP contribution >= 0.6 is 0 Å². The number of pyridine rings is 1. The van der Waals surface area contributed by atoms with Gasteiger partial charge >= 0.3 is 0 Å². The Balaban J connectivity index is 0.928. The van der Waals surface area contributed by atoms with Crippen LogP contribution in [0.25, 0.3) is 122 Å². The Kier molecular flexibility index (Phi) is 8.79. The summed E-state index contributed by atoms with van der Waals surface area (Å²) in [5.74, 6) is 0.679. The van der Waals surface area contributed by atoms with Crippen molar-refractivity contribution in [3.8, 4) is 78.5 Å². The molecule has 4 heteroatoms. The van der Waals surface area contributed by atoms with Crippen LogP contribution in [0.5, 0.6) is 0 Å². The molecule has 63 heavy (non-hydrogen) atoms. The van der Waals surface area contributed by atoms with Crippen LogP contribution in [0.3, 0.4) is 0 Å². The van der Waals surface area contributed by atoms with Crippen molar-refractivity contribution in [2.75, 3.05) is 0 Å². The Hall–Kier alpha value is -8.47. The lowest BCUT2D eigenvalue weighted by molar-refractivity contribution is 0.669. The van der Waals surface area contributed by atoms with E-state index < -0.39 is 0 Å². The molecule has 0 atom stereocenters. The minimum Gasteiger partial charge on any atom is -0.454 e. The van der Waals surface area contributed by atoms with Crippen molar-refractivity contribution in [2.45, 2.75) is 0 Å². The van der Waals surface area contributed by atoms with E-state index >= 15 is 0 Å². The number of hydrogen-bond acceptors (Lipinski definition) is 4. The highest BCUT2D eigenvalue weighted by molar-refractivity contribution is 6.27. The van der Waals surface area contributed by atoms with E-state index in [2.05, 4.69) is 200 Å². The normalized spacial score (nSPS) is 11.5. The minimum absolute atomic E-state index is 0.679. The van der Waals surface area contributed by atoms with E-state index in [9.17, 15) is 0 Å². The van der Waals surface area contributed by atoms with Crippen LogP contribution in [0.2, 0.25) is 0 Å². The lowest BCUT2D eigenvalue weighted by Gasteiger charge is -2.12. The smallest absolute Gasteiger partial charge is 0.162 e. The standard InChI is InChI=1S/C59H37N3O/c1-3-12-38(13-4-1)40-22-28-44(29-23-40)52-37-53(62-59(61-52)46-32-26-41(27-33-46)39-14-5-2-6-15-39)45-30-24-42(25-31-45)47-17-11-18-48(36-47)57-58-56(50-20-9-10-21-54(50)63-58)55-49-19-8-7-16-43(49)34-35-51(55)60-57/h1-37H. The Morgan fingerprint density at radius 1 is 0.302 bits per heavy atom. The molecule has 0 aliphatic rings. The van der Waals surface area contributed by atoms with E-state index in [1.807, 2.05) is 24.3 Å². The molecule has 4 nitrogen and oxygen atoms in total. The van der Waals surface area contributed by atoms with Crippen molar-refractivity contribution in [3.05, 3.63) is 224 Å². The molecule has 0 saturated carbocycles. The van der Waals surface area contributed by atoms with Gasteiger partial charge in [-0.25, -0.2) is 15.0 Å². The molecule has 12 rings (SSSR count). The number of aromatic nitrogens is 3. The van der Waals surface area contributed by atoms with Gasteiger partial charge in [0.05, 0.1) is 16.9 Å². The highest BCUT2D eigenvalue weighted by atomic mass is 16.3. The van der Waals surface area contributed by atoms with E-state index in [-0.39, 0.29) is 0 Å². The molecule has 0 N–H and O–H groups in total. The summed E-state index contributed by atoms with van der Waals surface area (Å²) < 4.78 is 6.67. The summed E-state index contributed by atoms with van der Waals surface area (Å²) in [6.07, 6.45) is 0. The largest absolute Gasteiger partial charge is 0.454 e. The Morgan fingerprint density at radius 2 is 0.794 bits per heavy atom. The average molecular weight is 804 g/mol. The molecule has 9 aromatic carbocycles. The molecule has 0 amide bonds. The number of rotatable bonds is 7. The van der Waals surface area contributed by atoms with Crippen LogP contribution in [0, 0.1) is 0 Å². The lowest BCUT2D eigenvalue weighted by atomic mass is 9.96. The van der Waals surface area contributed by atoms with Gasteiger partial charge in [-0.3, -0.25) is 0 Å². The number of benzene rings is 9. The SMILES string of the molecule is c1ccc(-c2ccc(-c3cc(-c4ccc(-c5cccc(-c6nc7ccc8ccccc8c7c7c6oc6ccccc67)c5)cc4)nc(-c4ccc(-c5ccccc5)cc4)n3)cc2)cc1. The molecule has 0 bridgehead atoms. The fourth-order valence-electron chi connectivity index (χ4n) is 8.90. The predicted octanol–water partition coefficient (Wildman–Crippen LogP) is 15.7. The van der Waals surface area contributed by atoms with Crippen molar-refractivity contribution in [3.63, 3.8) is 0 Å². The maximum Gasteiger partial charge on any atom is 0.162 e. The predicted molar refractivity (Wildman–Crippen MR) is 260 cm³/mol. The molecule has 3 aromatic heterocycles. The van der Waals surface area contributed by atoms with E-state index in [0.717, 1.165) is 94.4 Å². The second-order valence-corrected chi connectivity index (χ2v) is 16.0. The Morgan fingerprint density at radius 3 is 1.44 bits per heavy atom. The molecule has 0 spiro atoms. The first-order chi connectivity index (χ1) is 31.2. The van der Waals surface area contributed by atoms with Crippen LogP contribution in [-0.4, -0.2) is 15.0 Å². The third-order valence-corrected chi connectivity index (χ3v) is 12.1. The number of furan rings is 1. The van der Waals surface area contributed by atoms with Gasteiger partial charge in [-0.2, -0.15) is 0 Å². The molecular weight excluding hydrogens is 767 g/mol. The molecule has 0 aliphatic carbocycles. The summed E-state index contributed by atoms with van der Waals surface area (Å²) in [5, 5.41) is 5.66. The number of hydrogen-bond donors (Lipinski definition) is 0. The average Bonchev–Trinajstić information content (AvgIpc) is 3.76. The molecule has 0 radical (unpaired) electrons. The number of nitrogens with zero attached hydrogens (tertiary/aromatic N) is 3. The van der Waals surface area contributed by atoms with Crippen LogP contribution in [0.4, 0.5) is 0 Å². The Bertz CT molecular complexity index is 3530. The monoisotopic (exact) mass is 803 g/mol. The van der Waals surface area contributed by atoms with E-state index in [4.69, 9.17) is 19.4 Å². The van der Waals surface area contributed by atoms with Crippen LogP contribution in [0.15, 0.2) is 229 Å². The Labute approximate surface area is 364 Å². The van der Waals surface area contributed by atoms with E-state index in [0.29, 0.717) is 5.82 Å². The maximum atomic E-state index is 6.67. The molecule has 0 fully saturated rings. The van der Waals surface area contributed by atoms with Crippen molar-refractivity contribution < 1.29 is 4.42 Å². The van der Waals surface area contributed by atoms with Crippen LogP contribution < -0.4 is 0 Å². The summed E-state index contributed by atoms with van der Waals surface area (Å²) in [4.78, 5) is 15.6. The lowest BCUT2D eigenvalue weighted by Crippen LogP contribution is -1.96. The van der Waals surface area contributed by atoms with Crippen molar-refractivity contribution >= 4 is 43.6 Å². The number of para-hydroxylation sites is 1. The third kappa shape index (κ3) is 6.62. The summed E-state index contributed by atoms with van der Waals surface area (Å²) in [6.45, 7) is 0. The number of fused-ring (bicyclic) bond motifs is 7. The van der Waals surface area contributed by atoms with Crippen LogP contribution in [-0.2, 0) is 0 Å². The fourth-order valence-corrected chi connectivity index (χ4v) is 8.90. The molecule has 0 unspecified atom stereocenters. The van der Waals surface area contributed by atoms with E-state index in [1.165, 1.54) is 21.9 Å². The first-order valence-electron chi connectivity index (χ1n) is 21.2.